The topological polar surface area (TPSA) is 110 Å². The molecule has 0 aromatic heterocycles. The van der Waals surface area contributed by atoms with Gasteiger partial charge in [-0.15, -0.1) is 0 Å². The molecule has 0 aromatic rings. The fourth-order valence-electron chi connectivity index (χ4n) is 2.95. The summed E-state index contributed by atoms with van der Waals surface area (Å²) in [5.74, 6) is -2.76. The van der Waals surface area contributed by atoms with Crippen molar-refractivity contribution in [1.29, 1.82) is 0 Å². The maximum atomic E-state index is 12.1. The van der Waals surface area contributed by atoms with E-state index >= 15 is 0 Å². The Morgan fingerprint density at radius 1 is 0.750 bits per heavy atom. The number of hydrogen-bond acceptors (Lipinski definition) is 8. The van der Waals surface area contributed by atoms with Crippen LogP contribution in [0.5, 0.6) is 0 Å². The molecule has 0 radical (unpaired) electrons. The van der Waals surface area contributed by atoms with Crippen LogP contribution in [0, 0.1) is 0 Å². The van der Waals surface area contributed by atoms with Gasteiger partial charge in [-0.3, -0.25) is 0 Å². The summed E-state index contributed by atoms with van der Waals surface area (Å²) in [6, 6.07) is 0. The molecular weight excluding hydrogens is 442 g/mol. The monoisotopic (exact) mass is 477 g/mol. The number of rotatable bonds is 11. The van der Waals surface area contributed by atoms with E-state index in [1.807, 2.05) is 0 Å². The summed E-state index contributed by atoms with van der Waals surface area (Å²) in [6.07, 6.45) is 6.00. The number of ether oxygens (including phenoxy) is 4. The molecule has 0 saturated carbocycles. The summed E-state index contributed by atoms with van der Waals surface area (Å²) in [6.45, 7) is 8.99. The predicted molar refractivity (Wildman–Crippen MR) is 113 cm³/mol. The van der Waals surface area contributed by atoms with Crippen LogP contribution in [-0.2, 0) is 38.1 Å². The summed E-state index contributed by atoms with van der Waals surface area (Å²) in [7, 11) is 0. The predicted octanol–water partition coefficient (Wildman–Crippen LogP) is -2.22. The molecule has 0 aliphatic carbocycles. The smallest absolute Gasteiger partial charge is 0.331 e. The van der Waals surface area contributed by atoms with E-state index in [0.29, 0.717) is 6.54 Å². The Balaban J connectivity index is 0. The van der Waals surface area contributed by atoms with Crippen LogP contribution < -0.4 is 17.3 Å². The molecule has 1 aliphatic heterocycles. The largest absolute Gasteiger partial charge is 1.00 e. The number of carbonyl (C=O) groups excluding carboxylic acids is 4. The van der Waals surface area contributed by atoms with Crippen molar-refractivity contribution in [3.8, 4) is 0 Å². The lowest BCUT2D eigenvalue weighted by Crippen LogP contribution is -3.14. The van der Waals surface area contributed by atoms with Gasteiger partial charge in [-0.1, -0.05) is 0 Å². The van der Waals surface area contributed by atoms with Gasteiger partial charge in [-0.2, -0.15) is 0 Å². The van der Waals surface area contributed by atoms with Crippen molar-refractivity contribution in [2.45, 2.75) is 65.3 Å². The van der Waals surface area contributed by atoms with E-state index in [4.69, 9.17) is 18.9 Å². The summed E-state index contributed by atoms with van der Waals surface area (Å²) in [5, 5.41) is 0. The number of carbonyl (C=O) groups is 4. The highest BCUT2D eigenvalue weighted by Gasteiger charge is 2.23. The molecule has 0 aromatic carbocycles. The summed E-state index contributed by atoms with van der Waals surface area (Å²) in [4.78, 5) is 48.2. The summed E-state index contributed by atoms with van der Waals surface area (Å²) >= 11 is 0. The molecule has 1 fully saturated rings. The number of likely N-dealkylation sites (tertiary alicyclic amines) is 1. The van der Waals surface area contributed by atoms with Gasteiger partial charge in [-0.25, -0.2) is 19.2 Å². The van der Waals surface area contributed by atoms with Crippen LogP contribution in [0.3, 0.4) is 0 Å². The third kappa shape index (κ3) is 14.6. The summed E-state index contributed by atoms with van der Waals surface area (Å²) < 4.78 is 20.4. The zero-order valence-corrected chi connectivity index (χ0v) is 19.9. The molecule has 1 aliphatic rings. The highest BCUT2D eigenvalue weighted by atomic mass is 35.5. The maximum Gasteiger partial charge on any atom is 0.331 e. The fourth-order valence-corrected chi connectivity index (χ4v) is 2.95. The Morgan fingerprint density at radius 2 is 1.19 bits per heavy atom. The van der Waals surface area contributed by atoms with Gasteiger partial charge in [0.05, 0.1) is 25.3 Å². The Hall–Kier alpha value is -2.39. The van der Waals surface area contributed by atoms with Gasteiger partial charge in [0.1, 0.15) is 13.2 Å². The molecule has 1 N–H and O–H groups in total. The van der Waals surface area contributed by atoms with Gasteiger partial charge in [0.15, 0.2) is 6.10 Å². The van der Waals surface area contributed by atoms with Crippen molar-refractivity contribution < 1.29 is 56.9 Å². The zero-order valence-electron chi connectivity index (χ0n) is 19.1. The molecule has 1 rings (SSSR count). The lowest BCUT2D eigenvalue weighted by Gasteiger charge is -2.27. The van der Waals surface area contributed by atoms with E-state index in [1.54, 1.807) is 27.7 Å². The van der Waals surface area contributed by atoms with Crippen molar-refractivity contribution in [1.82, 2.24) is 0 Å². The molecule has 1 atom stereocenters. The van der Waals surface area contributed by atoms with Crippen LogP contribution in [0.1, 0.15) is 48.4 Å². The standard InChI is InChI=1S/C22H33NO8.ClH.H2/c1-16(2)29-20(25)9-8-19(24)28-15-18(14-23-12-6-5-7-13-23)31-22(27)11-10-21(26)30-17(3)4;;/h8-11,16-18H,5-7,12-15H2,1-4H3;2*1H/b9-8+,11-10+;;. The van der Waals surface area contributed by atoms with Gasteiger partial charge < -0.3 is 36.3 Å². The van der Waals surface area contributed by atoms with E-state index in [-0.39, 0.29) is 32.6 Å². The van der Waals surface area contributed by atoms with Gasteiger partial charge in [0.25, 0.3) is 0 Å². The molecule has 0 amide bonds. The highest BCUT2D eigenvalue weighted by molar-refractivity contribution is 5.92. The molecule has 32 heavy (non-hydrogen) atoms. The molecule has 1 saturated heterocycles. The average molecular weight is 478 g/mol. The third-order valence-corrected chi connectivity index (χ3v) is 4.19. The molecule has 10 heteroatoms. The van der Waals surface area contributed by atoms with Crippen LogP contribution in [0.2, 0.25) is 0 Å². The van der Waals surface area contributed by atoms with E-state index in [0.717, 1.165) is 50.2 Å². The SMILES string of the molecule is CC(C)OC(=O)/C=C/C(=O)OCC(C[NH+]1CCCCC1)OC(=O)/C=C/C(=O)OC(C)C.[Cl-].[HH]. The molecule has 1 heterocycles. The Kier molecular flexibility index (Phi) is 15.1. The number of halogens is 1. The first kappa shape index (κ1) is 29.6. The Bertz CT molecular complexity index is 675. The first-order chi connectivity index (χ1) is 14.7. The second kappa shape index (κ2) is 16.3. The number of nitrogens with one attached hydrogen (secondary N) is 1. The minimum Gasteiger partial charge on any atom is -1.00 e. The molecular formula is C22H36ClNO8. The van der Waals surface area contributed by atoms with Crippen LogP contribution in [0.25, 0.3) is 0 Å². The van der Waals surface area contributed by atoms with Crippen molar-refractivity contribution in [2.24, 2.45) is 0 Å². The lowest BCUT2D eigenvalue weighted by molar-refractivity contribution is -0.907. The van der Waals surface area contributed by atoms with Gasteiger partial charge in [0, 0.05) is 25.7 Å². The van der Waals surface area contributed by atoms with Crippen molar-refractivity contribution in [2.75, 3.05) is 26.2 Å². The van der Waals surface area contributed by atoms with Crippen LogP contribution >= 0.6 is 0 Å². The van der Waals surface area contributed by atoms with E-state index < -0.39 is 30.0 Å². The normalized spacial score (nSPS) is 15.4. The van der Waals surface area contributed by atoms with Gasteiger partial charge in [0.2, 0.25) is 0 Å². The van der Waals surface area contributed by atoms with Crippen molar-refractivity contribution in [3.63, 3.8) is 0 Å². The van der Waals surface area contributed by atoms with E-state index in [1.165, 1.54) is 11.3 Å². The molecule has 0 bridgehead atoms. The third-order valence-electron chi connectivity index (χ3n) is 4.19. The minimum absolute atomic E-state index is 0. The average Bonchev–Trinajstić information content (AvgIpc) is 2.68. The number of esters is 4. The fraction of sp³-hybridized carbons (Fsp3) is 0.636. The van der Waals surface area contributed by atoms with Crippen molar-refractivity contribution >= 4 is 23.9 Å². The zero-order chi connectivity index (χ0) is 23.2. The lowest BCUT2D eigenvalue weighted by atomic mass is 10.1. The summed E-state index contributed by atoms with van der Waals surface area (Å²) in [5.41, 5.74) is 0. The first-order valence-electron chi connectivity index (χ1n) is 10.6. The first-order valence-corrected chi connectivity index (χ1v) is 10.6. The van der Waals surface area contributed by atoms with Gasteiger partial charge in [-0.05, 0) is 47.0 Å². The number of piperidine rings is 1. The maximum absolute atomic E-state index is 12.1. The number of quaternary nitrogens is 1. The van der Waals surface area contributed by atoms with Crippen LogP contribution in [0.4, 0.5) is 0 Å². The van der Waals surface area contributed by atoms with Crippen LogP contribution in [-0.4, -0.2) is 68.4 Å². The Morgan fingerprint density at radius 3 is 1.66 bits per heavy atom. The van der Waals surface area contributed by atoms with E-state index in [9.17, 15) is 19.2 Å². The van der Waals surface area contributed by atoms with Crippen molar-refractivity contribution in [3.05, 3.63) is 24.3 Å². The molecule has 1 unspecified atom stereocenters. The minimum atomic E-state index is -0.744. The quantitative estimate of drug-likeness (QED) is 0.202. The second-order valence-electron chi connectivity index (χ2n) is 7.84. The molecule has 0 spiro atoms. The van der Waals surface area contributed by atoms with E-state index in [2.05, 4.69) is 0 Å². The Labute approximate surface area is 197 Å². The second-order valence-corrected chi connectivity index (χ2v) is 7.84. The highest BCUT2D eigenvalue weighted by Crippen LogP contribution is 2.00. The number of hydrogen-bond donors (Lipinski definition) is 1. The van der Waals surface area contributed by atoms with Gasteiger partial charge >= 0.3 is 23.9 Å². The van der Waals surface area contributed by atoms with Crippen LogP contribution in [0.15, 0.2) is 24.3 Å². The molecule has 184 valence electrons. The molecule has 9 nitrogen and oxygen atoms in total.